The molecule has 2 rings (SSSR count). The van der Waals surface area contributed by atoms with E-state index in [4.69, 9.17) is 0 Å². The zero-order valence-electron chi connectivity index (χ0n) is 12.4. The van der Waals surface area contributed by atoms with Gasteiger partial charge in [0.25, 0.3) is 5.91 Å². The van der Waals surface area contributed by atoms with E-state index in [1.807, 2.05) is 0 Å². The van der Waals surface area contributed by atoms with Crippen LogP contribution in [0.2, 0.25) is 0 Å². The van der Waals surface area contributed by atoms with Gasteiger partial charge in [-0.2, -0.15) is 0 Å². The maximum atomic E-state index is 12.3. The molecule has 0 atom stereocenters. The predicted octanol–water partition coefficient (Wildman–Crippen LogP) is 2.56. The lowest BCUT2D eigenvalue weighted by atomic mass is 9.99. The number of carbonyl (C=O) groups is 1. The third kappa shape index (κ3) is 2.96. The van der Waals surface area contributed by atoms with Crippen LogP contribution in [0.25, 0.3) is 11.3 Å². The van der Waals surface area contributed by atoms with Gasteiger partial charge in [-0.3, -0.25) is 9.78 Å². The summed E-state index contributed by atoms with van der Waals surface area (Å²) in [5.41, 5.74) is 1.74. The molecule has 0 unspecified atom stereocenters. The molecule has 0 aliphatic rings. The van der Waals surface area contributed by atoms with Crippen LogP contribution in [0, 0.1) is 0 Å². The van der Waals surface area contributed by atoms with E-state index in [1.54, 1.807) is 43.5 Å². The van der Waals surface area contributed by atoms with Crippen LogP contribution < -0.4 is 0 Å². The van der Waals surface area contributed by atoms with E-state index in [-0.39, 0.29) is 10.5 Å². The summed E-state index contributed by atoms with van der Waals surface area (Å²) < 4.78 is 24.6. The number of rotatable bonds is 4. The SMILES string of the molecule is C=NC(=O)c1ccc(-c2ccccn2)c(S(C)(=O)=O)c1CC. The molecule has 0 N–H and O–H groups in total. The zero-order chi connectivity index (χ0) is 16.3. The maximum Gasteiger partial charge on any atom is 0.276 e. The van der Waals surface area contributed by atoms with Gasteiger partial charge in [-0.1, -0.05) is 19.1 Å². The van der Waals surface area contributed by atoms with Gasteiger partial charge < -0.3 is 0 Å². The van der Waals surface area contributed by atoms with Crippen molar-refractivity contribution in [3.8, 4) is 11.3 Å². The predicted molar refractivity (Wildman–Crippen MR) is 86.0 cm³/mol. The Balaban J connectivity index is 2.88. The maximum absolute atomic E-state index is 12.3. The standard InChI is InChI=1S/C16H16N2O3S/c1-4-11-12(16(19)17-2)8-9-13(15(11)22(3,20)21)14-7-5-6-10-18-14/h5-10H,2,4H2,1,3H3. The number of aliphatic imine (C=N–C) groups is 1. The third-order valence-corrected chi connectivity index (χ3v) is 4.51. The van der Waals surface area contributed by atoms with E-state index >= 15 is 0 Å². The molecular formula is C16H16N2O3S. The van der Waals surface area contributed by atoms with Gasteiger partial charge in [0.2, 0.25) is 0 Å². The normalized spacial score (nSPS) is 11.2. The van der Waals surface area contributed by atoms with Gasteiger partial charge in [0, 0.05) is 23.6 Å². The van der Waals surface area contributed by atoms with Crippen LogP contribution in [0.1, 0.15) is 22.8 Å². The highest BCUT2D eigenvalue weighted by molar-refractivity contribution is 7.91. The van der Waals surface area contributed by atoms with Crippen molar-refractivity contribution in [1.82, 2.24) is 4.98 Å². The van der Waals surface area contributed by atoms with Gasteiger partial charge in [0.1, 0.15) is 0 Å². The number of amides is 1. The molecule has 0 fully saturated rings. The summed E-state index contributed by atoms with van der Waals surface area (Å²) >= 11 is 0. The summed E-state index contributed by atoms with van der Waals surface area (Å²) in [4.78, 5) is 19.6. The van der Waals surface area contributed by atoms with Crippen LogP contribution in [0.15, 0.2) is 46.4 Å². The fourth-order valence-electron chi connectivity index (χ4n) is 2.41. The molecule has 1 heterocycles. The molecule has 0 saturated carbocycles. The number of pyridine rings is 1. The zero-order valence-corrected chi connectivity index (χ0v) is 13.2. The second kappa shape index (κ2) is 6.19. The van der Waals surface area contributed by atoms with Gasteiger partial charge in [0.05, 0.1) is 10.6 Å². The topological polar surface area (TPSA) is 76.5 Å². The van der Waals surface area contributed by atoms with E-state index in [0.29, 0.717) is 23.2 Å². The Kier molecular flexibility index (Phi) is 4.51. The van der Waals surface area contributed by atoms with Gasteiger partial charge >= 0.3 is 0 Å². The molecule has 114 valence electrons. The smallest absolute Gasteiger partial charge is 0.267 e. The Bertz CT molecular complexity index is 828. The average molecular weight is 316 g/mol. The van der Waals surface area contributed by atoms with Gasteiger partial charge in [0.15, 0.2) is 9.84 Å². The Hall–Kier alpha value is -2.34. The third-order valence-electron chi connectivity index (χ3n) is 3.30. The first kappa shape index (κ1) is 16.0. The molecule has 0 saturated heterocycles. The number of hydrogen-bond acceptors (Lipinski definition) is 4. The molecule has 5 nitrogen and oxygen atoms in total. The number of sulfone groups is 1. The highest BCUT2D eigenvalue weighted by Gasteiger charge is 2.24. The lowest BCUT2D eigenvalue weighted by Gasteiger charge is -2.15. The summed E-state index contributed by atoms with van der Waals surface area (Å²) in [6.45, 7) is 5.02. The summed E-state index contributed by atoms with van der Waals surface area (Å²) in [6.07, 6.45) is 3.11. The number of aromatic nitrogens is 1. The molecule has 0 aliphatic heterocycles. The first-order valence-corrected chi connectivity index (χ1v) is 8.57. The fourth-order valence-corrected chi connectivity index (χ4v) is 3.69. The van der Waals surface area contributed by atoms with Crippen LogP contribution in [-0.4, -0.2) is 32.3 Å². The quantitative estimate of drug-likeness (QED) is 0.812. The average Bonchev–Trinajstić information content (AvgIpc) is 2.52. The van der Waals surface area contributed by atoms with Crippen molar-refractivity contribution in [2.24, 2.45) is 4.99 Å². The van der Waals surface area contributed by atoms with Gasteiger partial charge in [-0.15, -0.1) is 0 Å². The van der Waals surface area contributed by atoms with Crippen LogP contribution in [0.3, 0.4) is 0 Å². The van der Waals surface area contributed by atoms with Crippen molar-refractivity contribution < 1.29 is 13.2 Å². The lowest BCUT2D eigenvalue weighted by Crippen LogP contribution is -2.10. The molecule has 0 bridgehead atoms. The molecule has 0 radical (unpaired) electrons. The van der Waals surface area contributed by atoms with E-state index < -0.39 is 15.7 Å². The van der Waals surface area contributed by atoms with Gasteiger partial charge in [-0.25, -0.2) is 13.4 Å². The van der Waals surface area contributed by atoms with E-state index in [2.05, 4.69) is 16.7 Å². The molecule has 6 heteroatoms. The molecule has 22 heavy (non-hydrogen) atoms. The molecule has 1 aromatic carbocycles. The first-order chi connectivity index (χ1) is 10.4. The van der Waals surface area contributed by atoms with Crippen molar-refractivity contribution in [3.63, 3.8) is 0 Å². The van der Waals surface area contributed by atoms with E-state index in [1.165, 1.54) is 0 Å². The van der Waals surface area contributed by atoms with Crippen LogP contribution in [0.4, 0.5) is 0 Å². The van der Waals surface area contributed by atoms with E-state index in [9.17, 15) is 13.2 Å². The van der Waals surface area contributed by atoms with Crippen LogP contribution >= 0.6 is 0 Å². The molecule has 2 aromatic rings. The van der Waals surface area contributed by atoms with Crippen molar-refractivity contribution >= 4 is 22.5 Å². The minimum Gasteiger partial charge on any atom is -0.267 e. The highest BCUT2D eigenvalue weighted by Crippen LogP contribution is 2.32. The monoisotopic (exact) mass is 316 g/mol. The number of carbonyl (C=O) groups excluding carboxylic acids is 1. The highest BCUT2D eigenvalue weighted by atomic mass is 32.2. The Morgan fingerprint density at radius 1 is 1.27 bits per heavy atom. The van der Waals surface area contributed by atoms with Crippen molar-refractivity contribution in [3.05, 3.63) is 47.7 Å². The number of hydrogen-bond donors (Lipinski definition) is 0. The largest absolute Gasteiger partial charge is 0.276 e. The Labute approximate surface area is 129 Å². The number of benzene rings is 1. The number of nitrogens with zero attached hydrogens (tertiary/aromatic N) is 2. The van der Waals surface area contributed by atoms with Crippen molar-refractivity contribution in [1.29, 1.82) is 0 Å². The Morgan fingerprint density at radius 2 is 2.00 bits per heavy atom. The minimum absolute atomic E-state index is 0.128. The summed E-state index contributed by atoms with van der Waals surface area (Å²) in [5.74, 6) is -0.533. The molecule has 1 aromatic heterocycles. The molecule has 0 aliphatic carbocycles. The molecular weight excluding hydrogens is 300 g/mol. The van der Waals surface area contributed by atoms with Gasteiger partial charge in [-0.05, 0) is 36.9 Å². The fraction of sp³-hybridized carbons (Fsp3) is 0.188. The summed E-state index contributed by atoms with van der Waals surface area (Å²) in [5, 5.41) is 0. The van der Waals surface area contributed by atoms with Crippen LogP contribution in [0.5, 0.6) is 0 Å². The van der Waals surface area contributed by atoms with E-state index in [0.717, 1.165) is 6.26 Å². The van der Waals surface area contributed by atoms with Crippen molar-refractivity contribution in [2.45, 2.75) is 18.2 Å². The lowest BCUT2D eigenvalue weighted by molar-refractivity contribution is 0.100. The first-order valence-electron chi connectivity index (χ1n) is 6.68. The second-order valence-corrected chi connectivity index (χ2v) is 6.72. The minimum atomic E-state index is -3.54. The summed E-state index contributed by atoms with van der Waals surface area (Å²) in [6, 6.07) is 8.44. The Morgan fingerprint density at radius 3 is 2.50 bits per heavy atom. The van der Waals surface area contributed by atoms with Crippen molar-refractivity contribution in [2.75, 3.05) is 6.26 Å². The molecule has 1 amide bonds. The summed E-state index contributed by atoms with van der Waals surface area (Å²) in [7, 11) is -3.54. The second-order valence-electron chi connectivity index (χ2n) is 4.77. The molecule has 0 spiro atoms. The van der Waals surface area contributed by atoms with Crippen LogP contribution in [-0.2, 0) is 16.3 Å².